The Balaban J connectivity index is 2.76. The fraction of sp³-hybridized carbons (Fsp3) is 0.125. The summed E-state index contributed by atoms with van der Waals surface area (Å²) >= 11 is 0. The Bertz CT molecular complexity index is 343. The summed E-state index contributed by atoms with van der Waals surface area (Å²) in [6, 6.07) is 3.52. The molecule has 1 rings (SSSR count). The second-order valence-corrected chi connectivity index (χ2v) is 2.53. The number of amides is 1. The monoisotopic (exact) mass is 201 g/mol. The van der Waals surface area contributed by atoms with Crippen LogP contribution in [-0.4, -0.2) is 12.5 Å². The number of benzene rings is 1. The van der Waals surface area contributed by atoms with Gasteiger partial charge in [0.25, 0.3) is 0 Å². The van der Waals surface area contributed by atoms with Crippen LogP contribution in [0.2, 0.25) is 0 Å². The van der Waals surface area contributed by atoms with Gasteiger partial charge in [-0.05, 0) is 12.1 Å². The molecule has 0 spiro atoms. The van der Waals surface area contributed by atoms with Crippen LogP contribution >= 0.6 is 0 Å². The van der Waals surface area contributed by atoms with Crippen molar-refractivity contribution in [1.29, 1.82) is 0 Å². The summed E-state index contributed by atoms with van der Waals surface area (Å²) in [6.07, 6.45) is 0. The number of nitrogens with one attached hydrogen (secondary N) is 2. The second kappa shape index (κ2) is 4.64. The van der Waals surface area contributed by atoms with Crippen molar-refractivity contribution in [1.82, 2.24) is 5.43 Å². The molecule has 6 heteroatoms. The average Bonchev–Trinajstić information content (AvgIpc) is 2.13. The van der Waals surface area contributed by atoms with Gasteiger partial charge in [0.05, 0.1) is 12.2 Å². The van der Waals surface area contributed by atoms with Crippen LogP contribution < -0.4 is 16.6 Å². The van der Waals surface area contributed by atoms with Crippen LogP contribution in [0.25, 0.3) is 0 Å². The highest BCUT2D eigenvalue weighted by Gasteiger charge is 2.09. The quantitative estimate of drug-likeness (QED) is 0.488. The molecule has 14 heavy (non-hydrogen) atoms. The normalized spacial score (nSPS) is 9.93. The first-order chi connectivity index (χ1) is 6.65. The summed E-state index contributed by atoms with van der Waals surface area (Å²) in [6.45, 7) is -0.171. The van der Waals surface area contributed by atoms with Gasteiger partial charge in [-0.1, -0.05) is 6.07 Å². The largest absolute Gasteiger partial charge is 0.322 e. The summed E-state index contributed by atoms with van der Waals surface area (Å²) < 4.78 is 25.6. The van der Waals surface area contributed by atoms with Crippen molar-refractivity contribution < 1.29 is 13.6 Å². The molecule has 0 aliphatic heterocycles. The number of carbonyl (C=O) groups excluding carboxylic acids is 1. The minimum Gasteiger partial charge on any atom is -0.322 e. The fourth-order valence-electron chi connectivity index (χ4n) is 0.887. The minimum atomic E-state index is -1.09. The molecule has 0 atom stereocenters. The third kappa shape index (κ3) is 2.48. The first-order valence-electron chi connectivity index (χ1n) is 3.82. The first-order valence-corrected chi connectivity index (χ1v) is 3.82. The van der Waals surface area contributed by atoms with Crippen LogP contribution in [0, 0.1) is 11.6 Å². The number of hydrogen-bond donors (Lipinski definition) is 3. The molecule has 0 radical (unpaired) electrons. The Morgan fingerprint density at radius 1 is 1.43 bits per heavy atom. The van der Waals surface area contributed by atoms with E-state index in [-0.39, 0.29) is 12.2 Å². The lowest BCUT2D eigenvalue weighted by molar-refractivity contribution is -0.115. The zero-order valence-corrected chi connectivity index (χ0v) is 7.18. The maximum Gasteiger partial charge on any atom is 0.239 e. The van der Waals surface area contributed by atoms with Crippen molar-refractivity contribution >= 4 is 11.6 Å². The zero-order valence-electron chi connectivity index (χ0n) is 7.18. The maximum atomic E-state index is 13.0. The van der Waals surface area contributed by atoms with Crippen LogP contribution in [0.15, 0.2) is 18.2 Å². The number of rotatable bonds is 3. The minimum absolute atomic E-state index is 0.171. The predicted octanol–water partition coefficient (Wildman–Crippen LogP) is 0.367. The van der Waals surface area contributed by atoms with Gasteiger partial charge in [0.2, 0.25) is 5.91 Å². The van der Waals surface area contributed by atoms with Crippen LogP contribution in [0.1, 0.15) is 0 Å². The molecule has 1 aromatic carbocycles. The molecule has 4 nitrogen and oxygen atoms in total. The molecule has 0 aliphatic rings. The molecule has 4 N–H and O–H groups in total. The number of hydrazine groups is 1. The topological polar surface area (TPSA) is 67.1 Å². The van der Waals surface area contributed by atoms with E-state index < -0.39 is 17.5 Å². The van der Waals surface area contributed by atoms with Crippen LogP contribution in [-0.2, 0) is 4.79 Å². The number of anilines is 1. The third-order valence-corrected chi connectivity index (χ3v) is 1.49. The lowest BCUT2D eigenvalue weighted by atomic mass is 10.3. The van der Waals surface area contributed by atoms with Gasteiger partial charge in [0.1, 0.15) is 0 Å². The molecule has 0 aliphatic carbocycles. The van der Waals surface area contributed by atoms with E-state index in [1.807, 2.05) is 0 Å². The highest BCUT2D eigenvalue weighted by molar-refractivity contribution is 5.92. The Morgan fingerprint density at radius 3 is 2.79 bits per heavy atom. The number of nitrogens with two attached hydrogens (primary N) is 1. The number of hydrogen-bond acceptors (Lipinski definition) is 3. The SMILES string of the molecule is NNCC(=O)Nc1cccc(F)c1F. The molecule has 0 saturated carbocycles. The molecule has 76 valence electrons. The average molecular weight is 201 g/mol. The van der Waals surface area contributed by atoms with Crippen LogP contribution in [0.3, 0.4) is 0 Å². The van der Waals surface area contributed by atoms with Crippen molar-refractivity contribution in [2.45, 2.75) is 0 Å². The molecule has 0 fully saturated rings. The van der Waals surface area contributed by atoms with E-state index in [2.05, 4.69) is 10.7 Å². The first kappa shape index (κ1) is 10.6. The smallest absolute Gasteiger partial charge is 0.239 e. The third-order valence-electron chi connectivity index (χ3n) is 1.49. The van der Waals surface area contributed by atoms with E-state index >= 15 is 0 Å². The Labute approximate surface area is 79.1 Å². The summed E-state index contributed by atoms with van der Waals surface area (Å²) in [5, 5.41) is 2.16. The Kier molecular flexibility index (Phi) is 3.49. The molecule has 0 unspecified atom stereocenters. The highest BCUT2D eigenvalue weighted by Crippen LogP contribution is 2.15. The van der Waals surface area contributed by atoms with Gasteiger partial charge in [0, 0.05) is 0 Å². The molecular weight excluding hydrogens is 192 g/mol. The molecule has 0 saturated heterocycles. The van der Waals surface area contributed by atoms with Crippen LogP contribution in [0.4, 0.5) is 14.5 Å². The van der Waals surface area contributed by atoms with Gasteiger partial charge >= 0.3 is 0 Å². The van der Waals surface area contributed by atoms with Crippen molar-refractivity contribution in [3.05, 3.63) is 29.8 Å². The van der Waals surface area contributed by atoms with Crippen molar-refractivity contribution in [3.63, 3.8) is 0 Å². The second-order valence-electron chi connectivity index (χ2n) is 2.53. The van der Waals surface area contributed by atoms with Gasteiger partial charge in [-0.2, -0.15) is 0 Å². The van der Waals surface area contributed by atoms with Gasteiger partial charge in [-0.15, -0.1) is 0 Å². The Hall–Kier alpha value is -1.53. The van der Waals surface area contributed by atoms with Crippen LogP contribution in [0.5, 0.6) is 0 Å². The van der Waals surface area contributed by atoms with Gasteiger partial charge in [-0.25, -0.2) is 8.78 Å². The standard InChI is InChI=1S/C8H9F2N3O/c9-5-2-1-3-6(8(5)10)13-7(14)4-12-11/h1-3,12H,4,11H2,(H,13,14). The lowest BCUT2D eigenvalue weighted by Gasteiger charge is -2.05. The summed E-state index contributed by atoms with van der Waals surface area (Å²) in [5.74, 6) is 2.23. The van der Waals surface area contributed by atoms with Gasteiger partial charge in [-0.3, -0.25) is 16.1 Å². The van der Waals surface area contributed by atoms with E-state index in [0.717, 1.165) is 6.07 Å². The molecule has 0 heterocycles. The summed E-state index contributed by atoms with van der Waals surface area (Å²) in [7, 11) is 0. The molecule has 0 bridgehead atoms. The molecule has 1 amide bonds. The molecular formula is C8H9F2N3O. The van der Waals surface area contributed by atoms with Crippen molar-refractivity contribution in [2.24, 2.45) is 5.84 Å². The number of carbonyl (C=O) groups is 1. The lowest BCUT2D eigenvalue weighted by Crippen LogP contribution is -2.32. The molecule has 1 aromatic rings. The van der Waals surface area contributed by atoms with Crippen molar-refractivity contribution in [3.8, 4) is 0 Å². The highest BCUT2D eigenvalue weighted by atomic mass is 19.2. The summed E-state index contributed by atoms with van der Waals surface area (Å²) in [5.41, 5.74) is 1.89. The van der Waals surface area contributed by atoms with E-state index in [4.69, 9.17) is 5.84 Å². The summed E-state index contributed by atoms with van der Waals surface area (Å²) in [4.78, 5) is 10.9. The number of halogens is 2. The fourth-order valence-corrected chi connectivity index (χ4v) is 0.887. The predicted molar refractivity (Wildman–Crippen MR) is 47.2 cm³/mol. The molecule has 0 aromatic heterocycles. The van der Waals surface area contributed by atoms with E-state index in [1.54, 1.807) is 0 Å². The van der Waals surface area contributed by atoms with Gasteiger partial charge < -0.3 is 5.32 Å². The zero-order chi connectivity index (χ0) is 10.6. The van der Waals surface area contributed by atoms with E-state index in [1.165, 1.54) is 12.1 Å². The van der Waals surface area contributed by atoms with Crippen molar-refractivity contribution in [2.75, 3.05) is 11.9 Å². The van der Waals surface area contributed by atoms with E-state index in [0.29, 0.717) is 0 Å². The van der Waals surface area contributed by atoms with Gasteiger partial charge in [0.15, 0.2) is 11.6 Å². The maximum absolute atomic E-state index is 13.0. The van der Waals surface area contributed by atoms with E-state index in [9.17, 15) is 13.6 Å². The Morgan fingerprint density at radius 2 is 2.14 bits per heavy atom.